The molecule has 1 aliphatic rings. The number of likely N-dealkylation sites (tertiary alicyclic amines) is 1. The quantitative estimate of drug-likeness (QED) is 0.317. The third kappa shape index (κ3) is 6.47. The summed E-state index contributed by atoms with van der Waals surface area (Å²) in [5.41, 5.74) is 0.275. The fourth-order valence-corrected chi connectivity index (χ4v) is 5.26. The zero-order valence-corrected chi connectivity index (χ0v) is 22.1. The van der Waals surface area contributed by atoms with E-state index in [4.69, 9.17) is 16.3 Å². The number of nitrogens with one attached hydrogen (secondary N) is 1. The summed E-state index contributed by atoms with van der Waals surface area (Å²) in [4.78, 5) is 52.0. The molecule has 0 radical (unpaired) electrons. The molecule has 1 fully saturated rings. The summed E-state index contributed by atoms with van der Waals surface area (Å²) in [6, 6.07) is 12.5. The molecule has 3 heterocycles. The minimum atomic E-state index is -0.914. The molecule has 2 amide bonds. The summed E-state index contributed by atoms with van der Waals surface area (Å²) >= 11 is 7.06. The van der Waals surface area contributed by atoms with E-state index in [1.807, 2.05) is 0 Å². The maximum atomic E-state index is 15.3. The van der Waals surface area contributed by atoms with E-state index in [2.05, 4.69) is 5.32 Å². The van der Waals surface area contributed by atoms with Gasteiger partial charge >= 0.3 is 5.97 Å². The zero-order valence-electron chi connectivity index (χ0n) is 20.5. The highest BCUT2D eigenvalue weighted by Gasteiger charge is 2.40. The van der Waals surface area contributed by atoms with Gasteiger partial charge in [-0.15, -0.1) is 16.5 Å². The molecule has 3 aromatic rings. The van der Waals surface area contributed by atoms with Gasteiger partial charge in [0.05, 0.1) is 34.0 Å². The standard InChI is InChI=1S/C26H26ClFN4O5S/c1-2-37-24(34)12-14-30-16-17(29-25(35)21-10-11-22(27)38-21)15-20(30)26(36)32(28)19-8-6-18(7-9-19)31-13-4-3-5-23(31)33/h3-11,13,17,20H,2,12,14-16H2,1H3,(H,29,35)/t17-,20-/m0/s1. The van der Waals surface area contributed by atoms with E-state index < -0.39 is 24.0 Å². The van der Waals surface area contributed by atoms with Crippen LogP contribution < -0.4 is 16.0 Å². The second-order valence-corrected chi connectivity index (χ2v) is 10.3. The molecular weight excluding hydrogens is 535 g/mol. The van der Waals surface area contributed by atoms with Crippen molar-refractivity contribution in [2.24, 2.45) is 0 Å². The van der Waals surface area contributed by atoms with Crippen LogP contribution in [-0.2, 0) is 14.3 Å². The zero-order chi connectivity index (χ0) is 27.2. The van der Waals surface area contributed by atoms with Crippen molar-refractivity contribution >= 4 is 46.4 Å². The normalized spacial score (nSPS) is 17.2. The first kappa shape index (κ1) is 27.5. The third-order valence-corrected chi connectivity index (χ3v) is 7.33. The monoisotopic (exact) mass is 560 g/mol. The van der Waals surface area contributed by atoms with Crippen LogP contribution in [0.3, 0.4) is 0 Å². The Morgan fingerprint density at radius 3 is 2.58 bits per heavy atom. The van der Waals surface area contributed by atoms with E-state index in [9.17, 15) is 19.2 Å². The molecule has 0 aliphatic carbocycles. The molecule has 0 saturated carbocycles. The number of hydrogen-bond acceptors (Lipinski definition) is 7. The molecule has 1 aromatic carbocycles. The van der Waals surface area contributed by atoms with E-state index >= 15 is 4.48 Å². The average Bonchev–Trinajstić information content (AvgIpc) is 3.53. The molecular formula is C26H26ClFN4O5S. The predicted molar refractivity (Wildman–Crippen MR) is 142 cm³/mol. The summed E-state index contributed by atoms with van der Waals surface area (Å²) in [5, 5.41) is 2.93. The molecule has 2 atom stereocenters. The number of ether oxygens (including phenoxy) is 1. The van der Waals surface area contributed by atoms with Crippen molar-refractivity contribution in [1.82, 2.24) is 14.8 Å². The number of benzene rings is 1. The van der Waals surface area contributed by atoms with E-state index in [0.29, 0.717) is 14.9 Å². The minimum absolute atomic E-state index is 0.00575. The number of halogens is 2. The van der Waals surface area contributed by atoms with Crippen LogP contribution in [0.5, 0.6) is 0 Å². The lowest BCUT2D eigenvalue weighted by molar-refractivity contribution is -0.144. The van der Waals surface area contributed by atoms with Crippen LogP contribution in [0.15, 0.2) is 65.6 Å². The highest BCUT2D eigenvalue weighted by molar-refractivity contribution is 7.18. The van der Waals surface area contributed by atoms with Crippen molar-refractivity contribution in [1.29, 1.82) is 0 Å². The second-order valence-electron chi connectivity index (χ2n) is 8.62. The number of hydrogen-bond donors (Lipinski definition) is 1. The van der Waals surface area contributed by atoms with Crippen molar-refractivity contribution in [2.75, 3.05) is 24.8 Å². The van der Waals surface area contributed by atoms with Crippen LogP contribution in [0.4, 0.5) is 10.2 Å². The lowest BCUT2D eigenvalue weighted by Crippen LogP contribution is -2.43. The Morgan fingerprint density at radius 1 is 1.16 bits per heavy atom. The Balaban J connectivity index is 1.48. The first-order valence-electron chi connectivity index (χ1n) is 12.0. The Labute approximate surface area is 227 Å². The molecule has 12 heteroatoms. The molecule has 4 rings (SSSR count). The molecule has 1 N–H and O–H groups in total. The molecule has 0 spiro atoms. The van der Waals surface area contributed by atoms with Gasteiger partial charge in [0.15, 0.2) is 0 Å². The first-order valence-corrected chi connectivity index (χ1v) is 13.2. The number of anilines is 1. The number of pyridine rings is 1. The maximum absolute atomic E-state index is 15.3. The number of amides is 2. The molecule has 2 aromatic heterocycles. The molecule has 1 saturated heterocycles. The molecule has 38 heavy (non-hydrogen) atoms. The van der Waals surface area contributed by atoms with Crippen LogP contribution >= 0.6 is 22.9 Å². The number of thiophene rings is 1. The van der Waals surface area contributed by atoms with Gasteiger partial charge in [0.25, 0.3) is 17.4 Å². The van der Waals surface area contributed by atoms with Gasteiger partial charge in [-0.2, -0.15) is 0 Å². The van der Waals surface area contributed by atoms with E-state index in [1.54, 1.807) is 54.4 Å². The van der Waals surface area contributed by atoms with Gasteiger partial charge in [-0.25, -0.2) is 0 Å². The highest BCUT2D eigenvalue weighted by Crippen LogP contribution is 2.26. The summed E-state index contributed by atoms with van der Waals surface area (Å²) in [6.45, 7) is 2.34. The SMILES string of the molecule is CCOC(=O)CCN1C[C@@H](NC(=O)c2ccc(Cl)s2)C[C@H]1C(=O)N(F)c1ccc(-n2ccccc2=O)cc1. The van der Waals surface area contributed by atoms with Crippen molar-refractivity contribution in [3.63, 3.8) is 0 Å². The number of carbonyl (C=O) groups excluding carboxylic acids is 3. The lowest BCUT2D eigenvalue weighted by atomic mass is 10.1. The van der Waals surface area contributed by atoms with Gasteiger partial charge in [-0.1, -0.05) is 22.1 Å². The summed E-state index contributed by atoms with van der Waals surface area (Å²) < 4.78 is 22.2. The molecule has 200 valence electrons. The summed E-state index contributed by atoms with van der Waals surface area (Å²) in [7, 11) is 0. The fraction of sp³-hybridized carbons (Fsp3) is 0.308. The van der Waals surface area contributed by atoms with Gasteiger partial charge in [-0.3, -0.25) is 28.6 Å². The number of rotatable bonds is 9. The van der Waals surface area contributed by atoms with Crippen LogP contribution in [0.2, 0.25) is 4.34 Å². The van der Waals surface area contributed by atoms with Crippen molar-refractivity contribution < 1.29 is 23.6 Å². The topological polar surface area (TPSA) is 101 Å². The van der Waals surface area contributed by atoms with E-state index in [-0.39, 0.29) is 54.8 Å². The van der Waals surface area contributed by atoms with E-state index in [1.165, 1.54) is 22.8 Å². The molecule has 1 aliphatic heterocycles. The second kappa shape index (κ2) is 12.3. The smallest absolute Gasteiger partial charge is 0.307 e. The van der Waals surface area contributed by atoms with Crippen LogP contribution in [0.1, 0.15) is 29.4 Å². The average molecular weight is 561 g/mol. The van der Waals surface area contributed by atoms with Gasteiger partial charge in [0.1, 0.15) is 0 Å². The number of esters is 1. The van der Waals surface area contributed by atoms with Crippen molar-refractivity contribution in [3.05, 3.63) is 80.4 Å². The van der Waals surface area contributed by atoms with Crippen molar-refractivity contribution in [3.8, 4) is 5.69 Å². The fourth-order valence-electron chi connectivity index (χ4n) is 4.32. The third-order valence-electron chi connectivity index (χ3n) is 6.10. The molecule has 0 unspecified atom stereocenters. The maximum Gasteiger partial charge on any atom is 0.307 e. The Morgan fingerprint density at radius 2 is 1.92 bits per heavy atom. The number of carbonyl (C=O) groups is 3. The predicted octanol–water partition coefficient (Wildman–Crippen LogP) is 3.60. The summed E-state index contributed by atoms with van der Waals surface area (Å²) in [6.07, 6.45) is 1.77. The number of aromatic nitrogens is 1. The van der Waals surface area contributed by atoms with Gasteiger partial charge < -0.3 is 10.1 Å². The van der Waals surface area contributed by atoms with E-state index in [0.717, 1.165) is 11.3 Å². The van der Waals surface area contributed by atoms with Crippen LogP contribution in [0.25, 0.3) is 5.69 Å². The molecule has 9 nitrogen and oxygen atoms in total. The Kier molecular flexibility index (Phi) is 8.93. The van der Waals surface area contributed by atoms with Gasteiger partial charge in [-0.05, 0) is 55.8 Å². The largest absolute Gasteiger partial charge is 0.466 e. The highest BCUT2D eigenvalue weighted by atomic mass is 35.5. The summed E-state index contributed by atoms with van der Waals surface area (Å²) in [5.74, 6) is -1.59. The lowest BCUT2D eigenvalue weighted by Gasteiger charge is -2.25. The Bertz CT molecular complexity index is 1360. The van der Waals surface area contributed by atoms with Gasteiger partial charge in [0, 0.05) is 37.1 Å². The minimum Gasteiger partial charge on any atom is -0.466 e. The number of nitrogens with zero attached hydrogens (tertiary/aromatic N) is 3. The van der Waals surface area contributed by atoms with Crippen molar-refractivity contribution in [2.45, 2.75) is 31.8 Å². The first-order chi connectivity index (χ1) is 18.3. The van der Waals surface area contributed by atoms with Crippen LogP contribution in [-0.4, -0.2) is 59.0 Å². The van der Waals surface area contributed by atoms with Gasteiger partial charge in [0.2, 0.25) is 0 Å². The van der Waals surface area contributed by atoms with Crippen LogP contribution in [0, 0.1) is 0 Å². The molecule has 0 bridgehead atoms. The Hall–Kier alpha value is -3.54.